The Bertz CT molecular complexity index is 1950. The molecular weight excluding hydrogens is 595 g/mol. The van der Waals surface area contributed by atoms with Crippen LogP contribution < -0.4 is 10.9 Å². The van der Waals surface area contributed by atoms with Crippen LogP contribution in [0.2, 0.25) is 0 Å². The number of nitrogens with zero attached hydrogens (tertiary/aromatic N) is 4. The van der Waals surface area contributed by atoms with E-state index in [1.165, 1.54) is 41.7 Å². The van der Waals surface area contributed by atoms with Crippen molar-refractivity contribution in [3.63, 3.8) is 0 Å². The highest BCUT2D eigenvalue weighted by atomic mass is 32.2. The summed E-state index contributed by atoms with van der Waals surface area (Å²) in [5.41, 5.74) is 6.58. The lowest BCUT2D eigenvalue weighted by molar-refractivity contribution is 0.347. The van der Waals surface area contributed by atoms with E-state index in [0.29, 0.717) is 34.9 Å². The van der Waals surface area contributed by atoms with Crippen LogP contribution in [0.15, 0.2) is 77.0 Å². The van der Waals surface area contributed by atoms with Gasteiger partial charge in [-0.2, -0.15) is 16.7 Å². The van der Waals surface area contributed by atoms with Gasteiger partial charge in [-0.1, -0.05) is 55.0 Å². The minimum absolute atomic E-state index is 0.127. The van der Waals surface area contributed by atoms with Crippen LogP contribution in [0.4, 0.5) is 11.6 Å². The van der Waals surface area contributed by atoms with E-state index in [4.69, 9.17) is 4.98 Å². The average Bonchev–Trinajstić information content (AvgIpc) is 3.75. The number of fused-ring (bicyclic) bond motifs is 1. The van der Waals surface area contributed by atoms with Crippen LogP contribution >= 0.6 is 23.1 Å². The molecule has 1 saturated heterocycles. The van der Waals surface area contributed by atoms with Crippen LogP contribution in [-0.4, -0.2) is 45.3 Å². The smallest absolute Gasteiger partial charge is 0.268 e. The maximum atomic E-state index is 14.1. The largest absolute Gasteiger partial charge is 0.324 e. The number of benzene rings is 2. The quantitative estimate of drug-likeness (QED) is 0.194. The van der Waals surface area contributed by atoms with E-state index in [0.717, 1.165) is 41.0 Å². The first kappa shape index (κ1) is 29.8. The van der Waals surface area contributed by atoms with Gasteiger partial charge in [0.15, 0.2) is 0 Å². The third-order valence-corrected chi connectivity index (χ3v) is 11.2. The predicted octanol–water partition coefficient (Wildman–Crippen LogP) is 7.73. The molecular formula is C37H37N5OS2. The fraction of sp³-hybridized carbons (Fsp3) is 0.324. The van der Waals surface area contributed by atoms with Gasteiger partial charge in [0, 0.05) is 51.8 Å². The highest BCUT2D eigenvalue weighted by molar-refractivity contribution is 7.99. The second-order valence-electron chi connectivity index (χ2n) is 12.1. The first-order chi connectivity index (χ1) is 22.0. The number of thioether (sulfide) groups is 1. The van der Waals surface area contributed by atoms with Crippen molar-refractivity contribution in [3.05, 3.63) is 115 Å². The monoisotopic (exact) mass is 631 g/mol. The Labute approximate surface area is 272 Å². The molecule has 1 N–H and O–H groups in total. The molecule has 1 aliphatic heterocycles. The average molecular weight is 632 g/mol. The van der Waals surface area contributed by atoms with Gasteiger partial charge in [-0.25, -0.2) is 4.98 Å². The molecule has 5 aromatic rings. The molecule has 3 aromatic heterocycles. The van der Waals surface area contributed by atoms with Crippen LogP contribution in [0.3, 0.4) is 0 Å². The van der Waals surface area contributed by atoms with Crippen LogP contribution in [0, 0.1) is 18.8 Å². The summed E-state index contributed by atoms with van der Waals surface area (Å²) in [6.07, 6.45) is 6.77. The van der Waals surface area contributed by atoms with Gasteiger partial charge in [-0.15, -0.1) is 11.3 Å². The lowest BCUT2D eigenvalue weighted by Crippen LogP contribution is -2.30. The Morgan fingerprint density at radius 3 is 2.62 bits per heavy atom. The van der Waals surface area contributed by atoms with Gasteiger partial charge in [0.25, 0.3) is 5.56 Å². The normalized spacial score (nSPS) is 17.3. The zero-order valence-electron chi connectivity index (χ0n) is 25.8. The fourth-order valence-corrected chi connectivity index (χ4v) is 8.78. The van der Waals surface area contributed by atoms with Gasteiger partial charge in [-0.05, 0) is 85.1 Å². The molecule has 2 fully saturated rings. The van der Waals surface area contributed by atoms with E-state index in [1.807, 2.05) is 49.0 Å². The Morgan fingerprint density at radius 1 is 1.02 bits per heavy atom. The second-order valence-corrected chi connectivity index (χ2v) is 14.4. The molecule has 0 radical (unpaired) electrons. The molecule has 6 nitrogen and oxygen atoms in total. The van der Waals surface area contributed by atoms with E-state index >= 15 is 0 Å². The van der Waals surface area contributed by atoms with Gasteiger partial charge < -0.3 is 10.2 Å². The molecule has 1 aliphatic carbocycles. The summed E-state index contributed by atoms with van der Waals surface area (Å²) in [6.45, 7) is 4.71. The van der Waals surface area contributed by atoms with Crippen LogP contribution in [0.5, 0.6) is 0 Å². The maximum Gasteiger partial charge on any atom is 0.268 e. The molecule has 1 unspecified atom stereocenters. The summed E-state index contributed by atoms with van der Waals surface area (Å²) < 4.78 is 1.80. The minimum atomic E-state index is -0.127. The number of rotatable bonds is 6. The number of likely N-dealkylation sites (N-methyl/N-ethyl adjacent to an activating group) is 1. The van der Waals surface area contributed by atoms with E-state index in [-0.39, 0.29) is 5.56 Å². The standard InChI is InChI=1S/C37H37N5OS2/c1-25-7-3-4-8-26(25)11-12-29-21-30-22-38-37(39-31-15-13-28(14-16-31)33-23-41(2)18-20-45-33)40-35(30)42(36(29)43)24-34-32(17-19-44-34)27-9-5-6-10-27/h3-4,7-8,13-17,19,21-22,27,33H,5-6,9-10,18,20,23-24H2,1-2H3,(H,38,39,40). The van der Waals surface area contributed by atoms with Crippen LogP contribution in [0.1, 0.15) is 69.5 Å². The van der Waals surface area contributed by atoms with Crippen molar-refractivity contribution < 1.29 is 0 Å². The van der Waals surface area contributed by atoms with Crippen molar-refractivity contribution in [2.75, 3.05) is 31.2 Å². The number of pyridine rings is 1. The minimum Gasteiger partial charge on any atom is -0.324 e. The number of anilines is 2. The predicted molar refractivity (Wildman–Crippen MR) is 188 cm³/mol. The molecule has 0 amide bonds. The SMILES string of the molecule is Cc1ccccc1C#Cc1cc2cnc(Nc3ccc(C4CN(C)CCS4)cc3)nc2n(Cc2sccc2C2CCCC2)c1=O. The van der Waals surface area contributed by atoms with Gasteiger partial charge in [0.2, 0.25) is 5.95 Å². The second kappa shape index (κ2) is 13.2. The number of hydrogen-bond acceptors (Lipinski definition) is 7. The van der Waals surface area contributed by atoms with Gasteiger partial charge in [0.1, 0.15) is 5.65 Å². The molecule has 7 rings (SSSR count). The lowest BCUT2D eigenvalue weighted by atomic mass is 9.98. The molecule has 2 aliphatic rings. The number of thiophene rings is 1. The van der Waals surface area contributed by atoms with Crippen molar-refractivity contribution in [2.24, 2.45) is 0 Å². The molecule has 0 bridgehead atoms. The summed E-state index contributed by atoms with van der Waals surface area (Å²) in [7, 11) is 2.19. The third kappa shape index (κ3) is 6.57. The number of hydrogen-bond donors (Lipinski definition) is 1. The van der Waals surface area contributed by atoms with Gasteiger partial charge in [0.05, 0.1) is 12.1 Å². The summed E-state index contributed by atoms with van der Waals surface area (Å²) in [4.78, 5) is 27.3. The van der Waals surface area contributed by atoms with Crippen molar-refractivity contribution in [1.29, 1.82) is 0 Å². The molecule has 0 spiro atoms. The van der Waals surface area contributed by atoms with Crippen molar-refractivity contribution in [1.82, 2.24) is 19.4 Å². The summed E-state index contributed by atoms with van der Waals surface area (Å²) in [5, 5.41) is 6.82. The zero-order valence-corrected chi connectivity index (χ0v) is 27.4. The third-order valence-electron chi connectivity index (χ3n) is 8.99. The van der Waals surface area contributed by atoms with Crippen molar-refractivity contribution in [2.45, 2.75) is 50.3 Å². The fourth-order valence-electron chi connectivity index (χ4n) is 6.42. The summed E-state index contributed by atoms with van der Waals surface area (Å²) in [6, 6.07) is 20.6. The molecule has 1 atom stereocenters. The Morgan fingerprint density at radius 2 is 1.82 bits per heavy atom. The van der Waals surface area contributed by atoms with Crippen LogP contribution in [0.25, 0.3) is 11.0 Å². The number of nitrogens with one attached hydrogen (secondary N) is 1. The summed E-state index contributed by atoms with van der Waals surface area (Å²) in [5.74, 6) is 8.61. The summed E-state index contributed by atoms with van der Waals surface area (Å²) >= 11 is 3.75. The highest BCUT2D eigenvalue weighted by Crippen LogP contribution is 2.38. The van der Waals surface area contributed by atoms with Gasteiger partial charge >= 0.3 is 0 Å². The van der Waals surface area contributed by atoms with Crippen LogP contribution in [-0.2, 0) is 6.54 Å². The number of aromatic nitrogens is 3. The maximum absolute atomic E-state index is 14.1. The number of aryl methyl sites for hydroxylation is 1. The van der Waals surface area contributed by atoms with E-state index in [2.05, 4.69) is 69.8 Å². The Balaban J connectivity index is 1.24. The topological polar surface area (TPSA) is 63.1 Å². The molecule has 45 heavy (non-hydrogen) atoms. The van der Waals surface area contributed by atoms with E-state index in [9.17, 15) is 4.79 Å². The molecule has 4 heterocycles. The van der Waals surface area contributed by atoms with Crippen molar-refractivity contribution >= 4 is 45.8 Å². The Kier molecular flexibility index (Phi) is 8.75. The Hall–Kier alpha value is -3.90. The zero-order chi connectivity index (χ0) is 30.8. The first-order valence-corrected chi connectivity index (χ1v) is 17.7. The highest BCUT2D eigenvalue weighted by Gasteiger charge is 2.22. The molecule has 228 valence electrons. The molecule has 1 saturated carbocycles. The lowest BCUT2D eigenvalue weighted by Gasteiger charge is -2.29. The molecule has 8 heteroatoms. The first-order valence-electron chi connectivity index (χ1n) is 15.7. The van der Waals surface area contributed by atoms with Crippen molar-refractivity contribution in [3.8, 4) is 11.8 Å². The van der Waals surface area contributed by atoms with E-state index in [1.54, 1.807) is 22.1 Å². The van der Waals surface area contributed by atoms with E-state index < -0.39 is 0 Å². The molecule has 2 aromatic carbocycles. The van der Waals surface area contributed by atoms with Gasteiger partial charge in [-0.3, -0.25) is 9.36 Å².